The Labute approximate surface area is 186 Å². The SMILES string of the molecule is CCCN(C(=O)c1nc(-c2cccs2)oc1C)C1CCN(C(=O)c2ccccc2)CC1. The monoisotopic (exact) mass is 437 g/mol. The summed E-state index contributed by atoms with van der Waals surface area (Å²) in [6.07, 6.45) is 2.39. The number of rotatable bonds is 6. The molecular formula is C24H27N3O3S. The first-order chi connectivity index (χ1) is 15.1. The van der Waals surface area contributed by atoms with Gasteiger partial charge in [-0.1, -0.05) is 31.2 Å². The van der Waals surface area contributed by atoms with E-state index in [1.165, 1.54) is 11.3 Å². The zero-order valence-electron chi connectivity index (χ0n) is 17.9. The molecule has 0 radical (unpaired) electrons. The standard InChI is InChI=1S/C24H27N3O3S/c1-3-13-27(24(29)21-17(2)30-22(25-21)20-10-7-16-31-20)19-11-14-26(15-12-19)23(28)18-8-5-4-6-9-18/h4-10,16,19H,3,11-15H2,1-2H3. The Balaban J connectivity index is 1.46. The molecule has 0 saturated carbocycles. The molecule has 0 aliphatic carbocycles. The number of piperidine rings is 1. The maximum atomic E-state index is 13.4. The highest BCUT2D eigenvalue weighted by molar-refractivity contribution is 7.13. The number of likely N-dealkylation sites (tertiary alicyclic amines) is 1. The van der Waals surface area contributed by atoms with Crippen LogP contribution in [0.2, 0.25) is 0 Å². The van der Waals surface area contributed by atoms with E-state index in [9.17, 15) is 9.59 Å². The van der Waals surface area contributed by atoms with E-state index < -0.39 is 0 Å². The van der Waals surface area contributed by atoms with Crippen molar-refractivity contribution in [2.75, 3.05) is 19.6 Å². The van der Waals surface area contributed by atoms with Crippen LogP contribution >= 0.6 is 11.3 Å². The molecule has 7 heteroatoms. The largest absolute Gasteiger partial charge is 0.440 e. The second kappa shape index (κ2) is 9.47. The van der Waals surface area contributed by atoms with Crippen LogP contribution < -0.4 is 0 Å². The van der Waals surface area contributed by atoms with Crippen molar-refractivity contribution in [2.24, 2.45) is 0 Å². The maximum Gasteiger partial charge on any atom is 0.276 e. The molecule has 1 saturated heterocycles. The Morgan fingerprint density at radius 2 is 1.90 bits per heavy atom. The molecule has 2 amide bonds. The molecule has 1 aliphatic rings. The fourth-order valence-corrected chi connectivity index (χ4v) is 4.72. The van der Waals surface area contributed by atoms with Crippen molar-refractivity contribution in [2.45, 2.75) is 39.2 Å². The third-order valence-electron chi connectivity index (χ3n) is 5.67. The molecule has 4 rings (SSSR count). The Kier molecular flexibility index (Phi) is 6.51. The van der Waals surface area contributed by atoms with E-state index in [2.05, 4.69) is 11.9 Å². The first-order valence-corrected chi connectivity index (χ1v) is 11.6. The number of aromatic nitrogens is 1. The summed E-state index contributed by atoms with van der Waals surface area (Å²) < 4.78 is 5.79. The lowest BCUT2D eigenvalue weighted by Crippen LogP contribution is -2.49. The Morgan fingerprint density at radius 3 is 2.55 bits per heavy atom. The van der Waals surface area contributed by atoms with E-state index in [0.717, 1.165) is 24.1 Å². The van der Waals surface area contributed by atoms with Crippen molar-refractivity contribution >= 4 is 23.2 Å². The van der Waals surface area contributed by atoms with Crippen molar-refractivity contribution in [3.63, 3.8) is 0 Å². The summed E-state index contributed by atoms with van der Waals surface area (Å²) in [5.41, 5.74) is 1.10. The molecule has 6 nitrogen and oxygen atoms in total. The number of benzene rings is 1. The number of nitrogens with zero attached hydrogens (tertiary/aromatic N) is 3. The fraction of sp³-hybridized carbons (Fsp3) is 0.375. The van der Waals surface area contributed by atoms with Gasteiger partial charge in [-0.25, -0.2) is 4.98 Å². The van der Waals surface area contributed by atoms with Gasteiger partial charge >= 0.3 is 0 Å². The van der Waals surface area contributed by atoms with E-state index in [4.69, 9.17) is 4.42 Å². The van der Waals surface area contributed by atoms with Gasteiger partial charge in [-0.05, 0) is 49.8 Å². The summed E-state index contributed by atoms with van der Waals surface area (Å²) in [5, 5.41) is 1.96. The molecular weight excluding hydrogens is 410 g/mol. The van der Waals surface area contributed by atoms with Gasteiger partial charge in [0, 0.05) is 31.2 Å². The van der Waals surface area contributed by atoms with E-state index in [0.29, 0.717) is 42.5 Å². The summed E-state index contributed by atoms with van der Waals surface area (Å²) in [4.78, 5) is 35.4. The van der Waals surface area contributed by atoms with Crippen LogP contribution in [-0.2, 0) is 0 Å². The van der Waals surface area contributed by atoms with Crippen LogP contribution in [0.3, 0.4) is 0 Å². The van der Waals surface area contributed by atoms with Crippen molar-refractivity contribution < 1.29 is 14.0 Å². The minimum absolute atomic E-state index is 0.0559. The second-order valence-electron chi connectivity index (χ2n) is 7.79. The third kappa shape index (κ3) is 4.56. The van der Waals surface area contributed by atoms with E-state index in [1.807, 2.05) is 57.6 Å². The maximum absolute atomic E-state index is 13.4. The first-order valence-electron chi connectivity index (χ1n) is 10.7. The topological polar surface area (TPSA) is 66.7 Å². The van der Waals surface area contributed by atoms with E-state index in [1.54, 1.807) is 6.92 Å². The molecule has 1 aromatic carbocycles. The van der Waals surface area contributed by atoms with Crippen LogP contribution in [-0.4, -0.2) is 52.3 Å². The molecule has 0 unspecified atom stereocenters. The molecule has 0 bridgehead atoms. The van der Waals surface area contributed by atoms with Crippen molar-refractivity contribution in [1.82, 2.24) is 14.8 Å². The highest BCUT2D eigenvalue weighted by atomic mass is 32.1. The predicted octanol–water partition coefficient (Wildman–Crippen LogP) is 4.87. The summed E-state index contributed by atoms with van der Waals surface area (Å²) in [7, 11) is 0. The summed E-state index contributed by atoms with van der Waals surface area (Å²) in [6.45, 7) is 5.81. The Bertz CT molecular complexity index is 1020. The number of carbonyl (C=O) groups is 2. The van der Waals surface area contributed by atoms with E-state index >= 15 is 0 Å². The van der Waals surface area contributed by atoms with Crippen LogP contribution in [0.25, 0.3) is 10.8 Å². The highest BCUT2D eigenvalue weighted by Gasteiger charge is 2.32. The van der Waals surface area contributed by atoms with Gasteiger partial charge in [-0.2, -0.15) is 0 Å². The van der Waals surface area contributed by atoms with Gasteiger partial charge < -0.3 is 14.2 Å². The smallest absolute Gasteiger partial charge is 0.276 e. The van der Waals surface area contributed by atoms with Crippen LogP contribution in [0.4, 0.5) is 0 Å². The normalized spacial score (nSPS) is 14.6. The highest BCUT2D eigenvalue weighted by Crippen LogP contribution is 2.28. The molecule has 3 aromatic rings. The average Bonchev–Trinajstić information content (AvgIpc) is 3.47. The summed E-state index contributed by atoms with van der Waals surface area (Å²) in [6, 6.07) is 13.3. The molecule has 3 heterocycles. The van der Waals surface area contributed by atoms with Crippen molar-refractivity contribution in [1.29, 1.82) is 0 Å². The predicted molar refractivity (Wildman–Crippen MR) is 121 cm³/mol. The molecule has 1 fully saturated rings. The van der Waals surface area contributed by atoms with Crippen LogP contribution in [0.15, 0.2) is 52.3 Å². The molecule has 162 valence electrons. The van der Waals surface area contributed by atoms with Crippen molar-refractivity contribution in [3.8, 4) is 10.8 Å². The minimum Gasteiger partial charge on any atom is -0.440 e. The number of carbonyl (C=O) groups excluding carboxylic acids is 2. The number of oxazole rings is 1. The van der Waals surface area contributed by atoms with Crippen LogP contribution in [0.5, 0.6) is 0 Å². The molecule has 0 N–H and O–H groups in total. The van der Waals surface area contributed by atoms with Gasteiger partial charge in [-0.3, -0.25) is 9.59 Å². The minimum atomic E-state index is -0.0845. The fourth-order valence-electron chi connectivity index (χ4n) is 4.07. The zero-order valence-corrected chi connectivity index (χ0v) is 18.7. The number of hydrogen-bond donors (Lipinski definition) is 0. The van der Waals surface area contributed by atoms with Gasteiger partial charge in [0.05, 0.1) is 4.88 Å². The summed E-state index contributed by atoms with van der Waals surface area (Å²) in [5.74, 6) is 1.01. The molecule has 31 heavy (non-hydrogen) atoms. The van der Waals surface area contributed by atoms with Gasteiger partial charge in [0.1, 0.15) is 5.76 Å². The number of hydrogen-bond acceptors (Lipinski definition) is 5. The number of amides is 2. The molecule has 1 aliphatic heterocycles. The molecule has 2 aromatic heterocycles. The zero-order chi connectivity index (χ0) is 21.8. The lowest BCUT2D eigenvalue weighted by molar-refractivity contribution is 0.0515. The Hall–Kier alpha value is -2.93. The van der Waals surface area contributed by atoms with Crippen molar-refractivity contribution in [3.05, 3.63) is 64.9 Å². The average molecular weight is 438 g/mol. The van der Waals surface area contributed by atoms with Gasteiger partial charge in [-0.15, -0.1) is 11.3 Å². The van der Waals surface area contributed by atoms with Crippen LogP contribution in [0.1, 0.15) is 52.8 Å². The first kappa shape index (κ1) is 21.3. The number of thiophene rings is 1. The molecule has 0 atom stereocenters. The number of aryl methyl sites for hydroxylation is 1. The lowest BCUT2D eigenvalue weighted by Gasteiger charge is -2.38. The second-order valence-corrected chi connectivity index (χ2v) is 8.74. The lowest BCUT2D eigenvalue weighted by atomic mass is 10.0. The van der Waals surface area contributed by atoms with Gasteiger partial charge in [0.2, 0.25) is 5.89 Å². The summed E-state index contributed by atoms with van der Waals surface area (Å²) >= 11 is 1.54. The Morgan fingerprint density at radius 1 is 1.16 bits per heavy atom. The van der Waals surface area contributed by atoms with E-state index in [-0.39, 0.29) is 17.9 Å². The third-order valence-corrected chi connectivity index (χ3v) is 6.53. The quantitative estimate of drug-likeness (QED) is 0.552. The van der Waals surface area contributed by atoms with Crippen LogP contribution in [0, 0.1) is 6.92 Å². The van der Waals surface area contributed by atoms with Gasteiger partial charge in [0.25, 0.3) is 11.8 Å². The van der Waals surface area contributed by atoms with Gasteiger partial charge in [0.15, 0.2) is 5.69 Å². The molecule has 0 spiro atoms.